The molecule has 5 aromatic rings. The monoisotopic (exact) mass is 558 g/mol. The Morgan fingerprint density at radius 2 is 1.38 bits per heavy atom. The van der Waals surface area contributed by atoms with E-state index in [0.29, 0.717) is 11.8 Å². The van der Waals surface area contributed by atoms with Crippen LogP contribution in [0.4, 0.5) is 11.4 Å². The number of fused-ring (bicyclic) bond motifs is 2. The molecule has 39 heavy (non-hydrogen) atoms. The number of amidine groups is 1. The number of hydrogen-bond acceptors (Lipinski definition) is 4. The first kappa shape index (κ1) is 26.1. The second-order valence-electron chi connectivity index (χ2n) is 10.6. The molecule has 0 saturated carbocycles. The smallest absolute Gasteiger partial charge is 0.148 e. The fourth-order valence-corrected chi connectivity index (χ4v) is 6.85. The minimum atomic E-state index is 0. The predicted molar refractivity (Wildman–Crippen MR) is 168 cm³/mol. The third-order valence-electron chi connectivity index (χ3n) is 8.23. The maximum absolute atomic E-state index is 5.17. The number of aliphatic imine (C=N–C) groups is 1. The molecule has 0 spiro atoms. The zero-order chi connectivity index (χ0) is 25.3. The molecule has 2 aliphatic heterocycles. The number of aromatic nitrogens is 2. The first-order valence-electron chi connectivity index (χ1n) is 13.8. The highest BCUT2D eigenvalue weighted by Crippen LogP contribution is 2.35. The molecule has 2 saturated heterocycles. The normalized spacial score (nSPS) is 17.5. The number of benzene rings is 2. The fourth-order valence-electron chi connectivity index (χ4n) is 6.18. The molecule has 0 aliphatic carbocycles. The Morgan fingerprint density at radius 3 is 2.00 bits per heavy atom. The van der Waals surface area contributed by atoms with Gasteiger partial charge in [0.05, 0.1) is 10.6 Å². The van der Waals surface area contributed by atoms with Crippen LogP contribution in [0.3, 0.4) is 0 Å². The summed E-state index contributed by atoms with van der Waals surface area (Å²) in [5, 5.41) is 15.4. The van der Waals surface area contributed by atoms with Crippen LogP contribution in [-0.4, -0.2) is 42.0 Å². The minimum absolute atomic E-state index is 0. The molecule has 2 aromatic carbocycles. The molecule has 8 heteroatoms. The van der Waals surface area contributed by atoms with Gasteiger partial charge in [0, 0.05) is 39.9 Å². The van der Waals surface area contributed by atoms with Crippen molar-refractivity contribution >= 4 is 62.8 Å². The summed E-state index contributed by atoms with van der Waals surface area (Å²) in [5.74, 6) is 2.09. The van der Waals surface area contributed by atoms with Crippen LogP contribution in [0.2, 0.25) is 0 Å². The number of aromatic amines is 2. The summed E-state index contributed by atoms with van der Waals surface area (Å²) in [4.78, 5) is 13.3. The lowest BCUT2D eigenvalue weighted by Crippen LogP contribution is -2.26. The van der Waals surface area contributed by atoms with Gasteiger partial charge in [0.2, 0.25) is 0 Å². The standard InChI is InChI=1S/C31H34N6S.ClH/c1-2-30(38-15-1)31(36-22-3-5-28-24(16-22)26(18-34-28)20-7-11-32-12-8-20)37-23-4-6-29-25(17-23)27(19-35-29)21-9-13-33-14-10-21;/h1-6,15-21,32-35H,7-14H2,(H,36,37);1H. The number of H-pyrrole nitrogens is 2. The summed E-state index contributed by atoms with van der Waals surface area (Å²) in [6.07, 6.45) is 9.16. The number of halogens is 1. The van der Waals surface area contributed by atoms with Gasteiger partial charge in [-0.25, -0.2) is 4.99 Å². The maximum atomic E-state index is 5.17. The SMILES string of the molecule is Cl.c1csc(C(=Nc2ccc3[nH]cc(C4CCNCC4)c3c2)Nc2ccc3[nH]cc(C4CCNCC4)c3c2)c1. The summed E-state index contributed by atoms with van der Waals surface area (Å²) >= 11 is 1.71. The largest absolute Gasteiger partial charge is 0.361 e. The highest BCUT2D eigenvalue weighted by molar-refractivity contribution is 7.12. The number of hydrogen-bond donors (Lipinski definition) is 5. The van der Waals surface area contributed by atoms with E-state index in [9.17, 15) is 0 Å². The number of nitrogens with zero attached hydrogens (tertiary/aromatic N) is 1. The Bertz CT molecular complexity index is 1570. The van der Waals surface area contributed by atoms with Gasteiger partial charge >= 0.3 is 0 Å². The third kappa shape index (κ3) is 5.37. The van der Waals surface area contributed by atoms with Gasteiger partial charge in [-0.2, -0.15) is 0 Å². The average Bonchev–Trinajstić information content (AvgIpc) is 3.73. The van der Waals surface area contributed by atoms with Crippen molar-refractivity contribution in [3.63, 3.8) is 0 Å². The lowest BCUT2D eigenvalue weighted by molar-refractivity contribution is 0.462. The van der Waals surface area contributed by atoms with E-state index in [0.717, 1.165) is 48.3 Å². The number of anilines is 1. The van der Waals surface area contributed by atoms with Crippen LogP contribution in [0.1, 0.15) is 53.5 Å². The average molecular weight is 559 g/mol. The van der Waals surface area contributed by atoms with Crippen LogP contribution in [0.15, 0.2) is 71.3 Å². The van der Waals surface area contributed by atoms with Crippen molar-refractivity contribution < 1.29 is 0 Å². The highest BCUT2D eigenvalue weighted by atomic mass is 35.5. The van der Waals surface area contributed by atoms with Gasteiger partial charge < -0.3 is 25.9 Å². The van der Waals surface area contributed by atoms with Crippen LogP contribution in [0.5, 0.6) is 0 Å². The second kappa shape index (κ2) is 11.6. The van der Waals surface area contributed by atoms with Crippen LogP contribution in [0, 0.1) is 0 Å². The van der Waals surface area contributed by atoms with Crippen LogP contribution in [0.25, 0.3) is 21.8 Å². The highest BCUT2D eigenvalue weighted by Gasteiger charge is 2.20. The van der Waals surface area contributed by atoms with Crippen LogP contribution < -0.4 is 16.0 Å². The number of nitrogens with one attached hydrogen (secondary N) is 5. The zero-order valence-electron chi connectivity index (χ0n) is 21.9. The number of rotatable bonds is 5. The molecule has 3 aromatic heterocycles. The zero-order valence-corrected chi connectivity index (χ0v) is 23.6. The van der Waals surface area contributed by atoms with E-state index in [1.807, 2.05) is 0 Å². The molecular formula is C31H35ClN6S. The number of piperidine rings is 2. The van der Waals surface area contributed by atoms with Gasteiger partial charge in [-0.3, -0.25) is 0 Å². The van der Waals surface area contributed by atoms with Gasteiger partial charge in [-0.1, -0.05) is 6.07 Å². The molecule has 0 amide bonds. The second-order valence-corrected chi connectivity index (χ2v) is 11.5. The van der Waals surface area contributed by atoms with E-state index < -0.39 is 0 Å². The van der Waals surface area contributed by atoms with Crippen LogP contribution >= 0.6 is 23.7 Å². The summed E-state index contributed by atoms with van der Waals surface area (Å²) in [6, 6.07) is 17.4. The van der Waals surface area contributed by atoms with Gasteiger partial charge in [-0.05, 0) is 123 Å². The summed E-state index contributed by atoms with van der Waals surface area (Å²) in [5.41, 5.74) is 7.28. The molecule has 6 nitrogen and oxygen atoms in total. The number of thiophene rings is 1. The molecule has 0 radical (unpaired) electrons. The summed E-state index contributed by atoms with van der Waals surface area (Å²) in [7, 11) is 0. The van der Waals surface area contributed by atoms with Crippen molar-refractivity contribution in [1.29, 1.82) is 0 Å². The Hall–Kier alpha value is -3.10. The van der Waals surface area contributed by atoms with Crippen molar-refractivity contribution in [1.82, 2.24) is 20.6 Å². The topological polar surface area (TPSA) is 80.0 Å². The molecule has 7 rings (SSSR count). The molecule has 0 bridgehead atoms. The van der Waals surface area contributed by atoms with E-state index in [-0.39, 0.29) is 12.4 Å². The summed E-state index contributed by atoms with van der Waals surface area (Å²) < 4.78 is 0. The van der Waals surface area contributed by atoms with E-state index in [4.69, 9.17) is 4.99 Å². The van der Waals surface area contributed by atoms with Crippen molar-refractivity contribution in [3.8, 4) is 0 Å². The minimum Gasteiger partial charge on any atom is -0.361 e. The van der Waals surface area contributed by atoms with E-state index >= 15 is 0 Å². The van der Waals surface area contributed by atoms with E-state index in [1.54, 1.807) is 11.3 Å². The van der Waals surface area contributed by atoms with Gasteiger partial charge in [-0.15, -0.1) is 23.7 Å². The first-order chi connectivity index (χ1) is 18.8. The Morgan fingerprint density at radius 1 is 0.769 bits per heavy atom. The lowest BCUT2D eigenvalue weighted by atomic mass is 9.90. The van der Waals surface area contributed by atoms with Crippen molar-refractivity contribution in [3.05, 3.63) is 82.3 Å². The van der Waals surface area contributed by atoms with Crippen molar-refractivity contribution in [2.45, 2.75) is 37.5 Å². The quantitative estimate of drug-likeness (QED) is 0.116. The molecule has 0 atom stereocenters. The van der Waals surface area contributed by atoms with Gasteiger partial charge in [0.25, 0.3) is 0 Å². The van der Waals surface area contributed by atoms with Crippen LogP contribution in [-0.2, 0) is 0 Å². The Balaban J connectivity index is 0.00000277. The van der Waals surface area contributed by atoms with Crippen molar-refractivity contribution in [2.75, 3.05) is 31.5 Å². The van der Waals surface area contributed by atoms with E-state index in [2.05, 4.69) is 92.2 Å². The molecule has 5 N–H and O–H groups in total. The van der Waals surface area contributed by atoms with E-state index in [1.165, 1.54) is 58.6 Å². The molecule has 202 valence electrons. The lowest BCUT2D eigenvalue weighted by Gasteiger charge is -2.22. The molecule has 2 fully saturated rings. The van der Waals surface area contributed by atoms with Crippen molar-refractivity contribution in [2.24, 2.45) is 4.99 Å². The first-order valence-corrected chi connectivity index (χ1v) is 14.7. The maximum Gasteiger partial charge on any atom is 0.148 e. The van der Waals surface area contributed by atoms with Gasteiger partial charge in [0.15, 0.2) is 0 Å². The van der Waals surface area contributed by atoms with Gasteiger partial charge in [0.1, 0.15) is 5.84 Å². The molecule has 5 heterocycles. The fraction of sp³-hybridized carbons (Fsp3) is 0.323. The summed E-state index contributed by atoms with van der Waals surface area (Å²) in [6.45, 7) is 4.36. The Kier molecular flexibility index (Phi) is 7.75. The molecular weight excluding hydrogens is 524 g/mol. The predicted octanol–water partition coefficient (Wildman–Crippen LogP) is 7.26. The molecule has 0 unspecified atom stereocenters. The Labute approximate surface area is 239 Å². The molecule has 2 aliphatic rings. The third-order valence-corrected chi connectivity index (χ3v) is 9.10.